The Bertz CT molecular complexity index is 331. The van der Waals surface area contributed by atoms with E-state index in [1.165, 1.54) is 5.56 Å². The summed E-state index contributed by atoms with van der Waals surface area (Å²) in [6.07, 6.45) is 1.66. The van der Waals surface area contributed by atoms with Crippen LogP contribution in [0.15, 0.2) is 30.3 Å². The second-order valence-corrected chi connectivity index (χ2v) is 6.98. The summed E-state index contributed by atoms with van der Waals surface area (Å²) in [6, 6.07) is 10.4. The molecule has 0 saturated heterocycles. The normalized spacial score (nSPS) is 11.8. The lowest BCUT2D eigenvalue weighted by Crippen LogP contribution is -2.54. The van der Waals surface area contributed by atoms with E-state index in [-0.39, 0.29) is 0 Å². The SMILES string of the molecule is CCO[Si](CNCCc1ccccc1)(OCC)OCC. The summed E-state index contributed by atoms with van der Waals surface area (Å²) in [4.78, 5) is 0. The fraction of sp³-hybridized carbons (Fsp3) is 0.600. The van der Waals surface area contributed by atoms with E-state index in [1.807, 2.05) is 26.8 Å². The minimum Gasteiger partial charge on any atom is -0.373 e. The predicted octanol–water partition coefficient (Wildman–Crippen LogP) is 2.41. The van der Waals surface area contributed by atoms with Crippen LogP contribution < -0.4 is 5.32 Å². The summed E-state index contributed by atoms with van der Waals surface area (Å²) < 4.78 is 17.4. The van der Waals surface area contributed by atoms with Gasteiger partial charge in [-0.05, 0) is 39.3 Å². The first-order chi connectivity index (χ1) is 9.76. The first-order valence-electron chi connectivity index (χ1n) is 7.42. The minimum atomic E-state index is -2.54. The molecule has 0 radical (unpaired) electrons. The Kier molecular flexibility index (Phi) is 8.72. The lowest BCUT2D eigenvalue weighted by atomic mass is 10.2. The molecule has 0 saturated carbocycles. The van der Waals surface area contributed by atoms with Crippen molar-refractivity contribution in [3.8, 4) is 0 Å². The minimum absolute atomic E-state index is 0.618. The number of rotatable bonds is 11. The van der Waals surface area contributed by atoms with Gasteiger partial charge in [-0.3, -0.25) is 0 Å². The van der Waals surface area contributed by atoms with Crippen molar-refractivity contribution in [1.82, 2.24) is 5.32 Å². The first kappa shape index (κ1) is 17.3. The zero-order valence-electron chi connectivity index (χ0n) is 12.9. The standard InChI is InChI=1S/C15H27NO3Si/c1-4-17-20(18-5-2,19-6-3)14-16-13-12-15-10-8-7-9-11-15/h7-11,16H,4-6,12-14H2,1-3H3. The van der Waals surface area contributed by atoms with E-state index in [0.29, 0.717) is 26.0 Å². The van der Waals surface area contributed by atoms with Crippen LogP contribution in [0.3, 0.4) is 0 Å². The van der Waals surface area contributed by atoms with E-state index in [9.17, 15) is 0 Å². The first-order valence-corrected chi connectivity index (χ1v) is 9.36. The van der Waals surface area contributed by atoms with Crippen LogP contribution >= 0.6 is 0 Å². The van der Waals surface area contributed by atoms with Crippen molar-refractivity contribution in [3.63, 3.8) is 0 Å². The van der Waals surface area contributed by atoms with Crippen LogP contribution in [0.2, 0.25) is 0 Å². The molecule has 0 aliphatic rings. The van der Waals surface area contributed by atoms with Gasteiger partial charge >= 0.3 is 8.80 Å². The maximum Gasteiger partial charge on any atom is 0.515 e. The van der Waals surface area contributed by atoms with Gasteiger partial charge in [0, 0.05) is 19.8 Å². The van der Waals surface area contributed by atoms with Crippen LogP contribution in [0.4, 0.5) is 0 Å². The van der Waals surface area contributed by atoms with E-state index in [4.69, 9.17) is 13.3 Å². The zero-order chi connectivity index (χ0) is 14.7. The molecule has 0 heterocycles. The summed E-state index contributed by atoms with van der Waals surface area (Å²) in [5, 5.41) is 3.42. The summed E-state index contributed by atoms with van der Waals surface area (Å²) in [6.45, 7) is 8.68. The topological polar surface area (TPSA) is 39.7 Å². The molecule has 4 nitrogen and oxygen atoms in total. The van der Waals surface area contributed by atoms with Gasteiger partial charge in [-0.25, -0.2) is 0 Å². The molecule has 1 aromatic rings. The van der Waals surface area contributed by atoms with Crippen molar-refractivity contribution in [2.24, 2.45) is 0 Å². The Labute approximate surface area is 123 Å². The van der Waals surface area contributed by atoms with Crippen molar-refractivity contribution in [1.29, 1.82) is 0 Å². The fourth-order valence-electron chi connectivity index (χ4n) is 2.06. The maximum absolute atomic E-state index is 5.79. The quantitative estimate of drug-likeness (QED) is 0.503. The molecule has 1 rings (SSSR count). The molecule has 0 spiro atoms. The van der Waals surface area contributed by atoms with Crippen molar-refractivity contribution in [2.75, 3.05) is 32.5 Å². The van der Waals surface area contributed by atoms with E-state index >= 15 is 0 Å². The van der Waals surface area contributed by atoms with Crippen LogP contribution in [0, 0.1) is 0 Å². The molecule has 0 amide bonds. The van der Waals surface area contributed by atoms with E-state index in [1.54, 1.807) is 0 Å². The highest BCUT2D eigenvalue weighted by Crippen LogP contribution is 2.09. The third-order valence-corrected chi connectivity index (χ3v) is 5.74. The second-order valence-electron chi connectivity index (χ2n) is 4.39. The molecule has 1 aromatic carbocycles. The van der Waals surface area contributed by atoms with Gasteiger partial charge in [0.1, 0.15) is 0 Å². The van der Waals surface area contributed by atoms with Gasteiger partial charge in [0.25, 0.3) is 0 Å². The molecule has 20 heavy (non-hydrogen) atoms. The molecule has 0 bridgehead atoms. The molecule has 0 aromatic heterocycles. The van der Waals surface area contributed by atoms with E-state index in [2.05, 4.69) is 29.6 Å². The summed E-state index contributed by atoms with van der Waals surface area (Å²) in [5.74, 6) is 0. The molecule has 1 N–H and O–H groups in total. The van der Waals surface area contributed by atoms with Crippen molar-refractivity contribution in [3.05, 3.63) is 35.9 Å². The number of benzene rings is 1. The third kappa shape index (κ3) is 6.15. The highest BCUT2D eigenvalue weighted by Gasteiger charge is 2.39. The Morgan fingerprint density at radius 1 is 0.900 bits per heavy atom. The summed E-state index contributed by atoms with van der Waals surface area (Å²) in [7, 11) is -2.54. The maximum atomic E-state index is 5.79. The van der Waals surface area contributed by atoms with Crippen molar-refractivity contribution < 1.29 is 13.3 Å². The molecule has 0 aliphatic carbocycles. The molecule has 5 heteroatoms. The summed E-state index contributed by atoms with van der Waals surface area (Å²) in [5.41, 5.74) is 1.33. The average Bonchev–Trinajstić information content (AvgIpc) is 2.46. The van der Waals surface area contributed by atoms with E-state index < -0.39 is 8.80 Å². The molecular weight excluding hydrogens is 270 g/mol. The number of nitrogens with one attached hydrogen (secondary N) is 1. The molecule has 0 fully saturated rings. The average molecular weight is 297 g/mol. The lowest BCUT2D eigenvalue weighted by molar-refractivity contribution is 0.0702. The van der Waals surface area contributed by atoms with Gasteiger partial charge in [0.15, 0.2) is 0 Å². The Morgan fingerprint density at radius 3 is 1.95 bits per heavy atom. The number of hydrogen-bond donors (Lipinski definition) is 1. The predicted molar refractivity (Wildman–Crippen MR) is 83.6 cm³/mol. The van der Waals surface area contributed by atoms with Crippen LogP contribution in [0.5, 0.6) is 0 Å². The van der Waals surface area contributed by atoms with Crippen LogP contribution in [0.25, 0.3) is 0 Å². The van der Waals surface area contributed by atoms with E-state index in [0.717, 1.165) is 13.0 Å². The largest absolute Gasteiger partial charge is 0.515 e. The van der Waals surface area contributed by atoms with Crippen LogP contribution in [0.1, 0.15) is 26.3 Å². The third-order valence-electron chi connectivity index (χ3n) is 2.87. The number of hydrogen-bond acceptors (Lipinski definition) is 4. The van der Waals surface area contributed by atoms with Crippen molar-refractivity contribution >= 4 is 8.80 Å². The van der Waals surface area contributed by atoms with Gasteiger partial charge in [-0.2, -0.15) is 0 Å². The Balaban J connectivity index is 2.40. The Morgan fingerprint density at radius 2 is 1.45 bits per heavy atom. The smallest absolute Gasteiger partial charge is 0.373 e. The lowest BCUT2D eigenvalue weighted by Gasteiger charge is -2.28. The zero-order valence-corrected chi connectivity index (χ0v) is 13.9. The fourth-order valence-corrected chi connectivity index (χ4v) is 4.42. The molecule has 0 unspecified atom stereocenters. The van der Waals surface area contributed by atoms with Gasteiger partial charge in [-0.15, -0.1) is 0 Å². The van der Waals surface area contributed by atoms with Crippen LogP contribution in [-0.2, 0) is 19.7 Å². The van der Waals surface area contributed by atoms with Gasteiger partial charge < -0.3 is 18.6 Å². The molecule has 114 valence electrons. The highest BCUT2D eigenvalue weighted by molar-refractivity contribution is 6.60. The van der Waals surface area contributed by atoms with Crippen molar-refractivity contribution in [2.45, 2.75) is 27.2 Å². The molecule has 0 aliphatic heterocycles. The van der Waals surface area contributed by atoms with Gasteiger partial charge in [0.05, 0.1) is 6.17 Å². The van der Waals surface area contributed by atoms with Crippen LogP contribution in [-0.4, -0.2) is 41.3 Å². The molecular formula is C15H27NO3Si. The Hall–Kier alpha value is -0.723. The highest BCUT2D eigenvalue weighted by atomic mass is 28.4. The summed E-state index contributed by atoms with van der Waals surface area (Å²) >= 11 is 0. The molecule has 0 atom stereocenters. The van der Waals surface area contributed by atoms with Gasteiger partial charge in [0.2, 0.25) is 0 Å². The second kappa shape index (κ2) is 10.1. The van der Waals surface area contributed by atoms with Gasteiger partial charge in [-0.1, -0.05) is 30.3 Å². The monoisotopic (exact) mass is 297 g/mol.